The zero-order valence-electron chi connectivity index (χ0n) is 26.9. The van der Waals surface area contributed by atoms with E-state index < -0.39 is 0 Å². The predicted octanol–water partition coefficient (Wildman–Crippen LogP) is 13.3. The van der Waals surface area contributed by atoms with Crippen molar-refractivity contribution in [3.05, 3.63) is 199 Å². The van der Waals surface area contributed by atoms with Crippen molar-refractivity contribution in [2.45, 2.75) is 6.92 Å². The van der Waals surface area contributed by atoms with Gasteiger partial charge in [-0.25, -0.2) is 0 Å². The monoisotopic (exact) mass is 613 g/mol. The van der Waals surface area contributed by atoms with Gasteiger partial charge >= 0.3 is 0 Å². The fraction of sp³-hybridized carbons (Fsp3) is 0.0213. The molecular formula is C47H35N. The summed E-state index contributed by atoms with van der Waals surface area (Å²) in [6.07, 6.45) is 10.9. The van der Waals surface area contributed by atoms with E-state index >= 15 is 0 Å². The van der Waals surface area contributed by atoms with Gasteiger partial charge in [0.05, 0.1) is 5.69 Å². The summed E-state index contributed by atoms with van der Waals surface area (Å²) in [7, 11) is 0. The fourth-order valence-electron chi connectivity index (χ4n) is 6.76. The fourth-order valence-corrected chi connectivity index (χ4v) is 6.76. The molecule has 1 heteroatoms. The highest BCUT2D eigenvalue weighted by Crippen LogP contribution is 2.40. The van der Waals surface area contributed by atoms with Crippen molar-refractivity contribution in [2.75, 3.05) is 4.90 Å². The van der Waals surface area contributed by atoms with Crippen molar-refractivity contribution in [1.82, 2.24) is 0 Å². The van der Waals surface area contributed by atoms with E-state index in [0.717, 1.165) is 17.1 Å². The molecule has 0 N–H and O–H groups in total. The third-order valence-electron chi connectivity index (χ3n) is 9.12. The first kappa shape index (κ1) is 29.2. The minimum atomic E-state index is 1.08. The average molecular weight is 614 g/mol. The van der Waals surface area contributed by atoms with Crippen molar-refractivity contribution >= 4 is 60.5 Å². The van der Waals surface area contributed by atoms with Gasteiger partial charge in [-0.15, -0.1) is 0 Å². The quantitative estimate of drug-likeness (QED) is 0.128. The second-order valence-electron chi connectivity index (χ2n) is 12.2. The van der Waals surface area contributed by atoms with Crippen molar-refractivity contribution < 1.29 is 0 Å². The Balaban J connectivity index is 1.27. The van der Waals surface area contributed by atoms with E-state index in [1.165, 1.54) is 59.8 Å². The molecule has 8 aromatic carbocycles. The van der Waals surface area contributed by atoms with Gasteiger partial charge in [-0.1, -0.05) is 152 Å². The maximum atomic E-state index is 2.39. The number of allylic oxidation sites excluding steroid dienone is 4. The molecule has 0 aliphatic rings. The Bertz CT molecular complexity index is 2510. The van der Waals surface area contributed by atoms with Crippen LogP contribution in [0.3, 0.4) is 0 Å². The minimum Gasteiger partial charge on any atom is -0.310 e. The van der Waals surface area contributed by atoms with Crippen molar-refractivity contribution in [1.29, 1.82) is 0 Å². The third-order valence-corrected chi connectivity index (χ3v) is 9.12. The van der Waals surface area contributed by atoms with Crippen LogP contribution in [-0.2, 0) is 0 Å². The van der Waals surface area contributed by atoms with Crippen molar-refractivity contribution in [3.8, 4) is 11.1 Å². The number of anilines is 2. The van der Waals surface area contributed by atoms with E-state index in [0.29, 0.717) is 0 Å². The van der Waals surface area contributed by atoms with Crippen LogP contribution < -0.4 is 4.90 Å². The molecule has 0 aromatic heterocycles. The van der Waals surface area contributed by atoms with Gasteiger partial charge in [0.2, 0.25) is 0 Å². The Kier molecular flexibility index (Phi) is 7.86. The molecule has 0 spiro atoms. The van der Waals surface area contributed by atoms with Crippen LogP contribution in [0.25, 0.3) is 60.3 Å². The van der Waals surface area contributed by atoms with Gasteiger partial charge in [0.15, 0.2) is 0 Å². The molecule has 0 radical (unpaired) electrons. The summed E-state index contributed by atoms with van der Waals surface area (Å²) in [4.78, 5) is 2.39. The van der Waals surface area contributed by atoms with Gasteiger partial charge in [-0.05, 0) is 104 Å². The first-order chi connectivity index (χ1) is 23.7. The van der Waals surface area contributed by atoms with E-state index in [1.54, 1.807) is 0 Å². The van der Waals surface area contributed by atoms with E-state index in [2.05, 4.69) is 206 Å². The van der Waals surface area contributed by atoms with Gasteiger partial charge in [0, 0.05) is 16.8 Å². The molecule has 0 aliphatic carbocycles. The van der Waals surface area contributed by atoms with E-state index in [1.807, 2.05) is 0 Å². The average Bonchev–Trinajstić information content (AvgIpc) is 3.15. The van der Waals surface area contributed by atoms with Gasteiger partial charge in [0.25, 0.3) is 0 Å². The molecular weight excluding hydrogens is 579 g/mol. The normalized spacial score (nSPS) is 12.2. The summed E-state index contributed by atoms with van der Waals surface area (Å²) in [5, 5.41) is 9.93. The second kappa shape index (κ2) is 12.9. The van der Waals surface area contributed by atoms with Gasteiger partial charge in [-0.3, -0.25) is 0 Å². The Morgan fingerprint density at radius 1 is 0.479 bits per heavy atom. The van der Waals surface area contributed by atoms with Crippen molar-refractivity contribution in [2.24, 2.45) is 0 Å². The van der Waals surface area contributed by atoms with E-state index in [-0.39, 0.29) is 0 Å². The molecule has 8 rings (SSSR count). The van der Waals surface area contributed by atoms with E-state index in [4.69, 9.17) is 0 Å². The largest absolute Gasteiger partial charge is 0.310 e. The van der Waals surface area contributed by atoms with Crippen LogP contribution in [0.15, 0.2) is 194 Å². The van der Waals surface area contributed by atoms with Gasteiger partial charge in [0.1, 0.15) is 0 Å². The first-order valence-electron chi connectivity index (χ1n) is 16.5. The second-order valence-corrected chi connectivity index (χ2v) is 12.2. The SMILES string of the molecule is C\C=C/C(=C\C=C\c1ccc2ccccc2c1)N(c1ccc(-c2ccc3ccccc3c2)cc1)c1cc2ccccc2c2ccccc12. The lowest BCUT2D eigenvalue weighted by molar-refractivity contribution is 1.22. The van der Waals surface area contributed by atoms with Crippen LogP contribution in [0.5, 0.6) is 0 Å². The zero-order valence-corrected chi connectivity index (χ0v) is 26.9. The van der Waals surface area contributed by atoms with Crippen LogP contribution in [0.1, 0.15) is 12.5 Å². The van der Waals surface area contributed by atoms with Crippen LogP contribution in [0, 0.1) is 0 Å². The minimum absolute atomic E-state index is 1.08. The summed E-state index contributed by atoms with van der Waals surface area (Å²) in [6, 6.07) is 59.1. The number of fused-ring (bicyclic) bond motifs is 5. The van der Waals surface area contributed by atoms with Gasteiger partial charge in [-0.2, -0.15) is 0 Å². The summed E-state index contributed by atoms with van der Waals surface area (Å²) < 4.78 is 0. The summed E-state index contributed by atoms with van der Waals surface area (Å²) in [5.74, 6) is 0. The standard InChI is InChI=1S/C47H35N/c1-2-12-42(19-11-13-34-23-24-35-14-3-5-16-38(35)31-34)48(47-33-41-18-7-8-20-44(41)45-21-9-10-22-46(45)47)43-29-27-37(28-30-43)40-26-25-36-15-4-6-17-39(36)32-40/h2-33H,1H3/b12-2-,13-11+,42-19+. The number of hydrogen-bond donors (Lipinski definition) is 0. The summed E-state index contributed by atoms with van der Waals surface area (Å²) in [6.45, 7) is 2.08. The Hall–Kier alpha value is -6.18. The zero-order chi connectivity index (χ0) is 32.3. The molecule has 0 atom stereocenters. The first-order valence-corrected chi connectivity index (χ1v) is 16.5. The van der Waals surface area contributed by atoms with Crippen LogP contribution in [-0.4, -0.2) is 0 Å². The molecule has 8 aromatic rings. The molecule has 0 unspecified atom stereocenters. The predicted molar refractivity (Wildman–Crippen MR) is 209 cm³/mol. The number of benzene rings is 8. The maximum absolute atomic E-state index is 2.39. The Morgan fingerprint density at radius 2 is 1.06 bits per heavy atom. The molecule has 0 saturated carbocycles. The van der Waals surface area contributed by atoms with Crippen LogP contribution in [0.4, 0.5) is 11.4 Å². The molecule has 0 heterocycles. The number of nitrogens with zero attached hydrogens (tertiary/aromatic N) is 1. The molecule has 1 nitrogen and oxygen atoms in total. The van der Waals surface area contributed by atoms with Crippen LogP contribution in [0.2, 0.25) is 0 Å². The molecule has 0 amide bonds. The highest BCUT2D eigenvalue weighted by Gasteiger charge is 2.18. The highest BCUT2D eigenvalue weighted by atomic mass is 15.1. The number of rotatable bonds is 7. The number of hydrogen-bond acceptors (Lipinski definition) is 1. The topological polar surface area (TPSA) is 3.24 Å². The summed E-state index contributed by atoms with van der Waals surface area (Å²) >= 11 is 0. The van der Waals surface area contributed by atoms with E-state index in [9.17, 15) is 0 Å². The maximum Gasteiger partial charge on any atom is 0.0546 e. The molecule has 48 heavy (non-hydrogen) atoms. The van der Waals surface area contributed by atoms with Crippen LogP contribution >= 0.6 is 0 Å². The molecule has 228 valence electrons. The lowest BCUT2D eigenvalue weighted by atomic mass is 9.98. The third kappa shape index (κ3) is 5.68. The lowest BCUT2D eigenvalue weighted by Gasteiger charge is -2.28. The smallest absolute Gasteiger partial charge is 0.0546 e. The summed E-state index contributed by atoms with van der Waals surface area (Å²) in [5.41, 5.74) is 6.90. The molecule has 0 bridgehead atoms. The lowest BCUT2D eigenvalue weighted by Crippen LogP contribution is -2.15. The molecule has 0 fully saturated rings. The van der Waals surface area contributed by atoms with Crippen molar-refractivity contribution in [3.63, 3.8) is 0 Å². The molecule has 0 aliphatic heterocycles. The Morgan fingerprint density at radius 3 is 1.79 bits per heavy atom. The highest BCUT2D eigenvalue weighted by molar-refractivity contribution is 6.14. The molecule has 0 saturated heterocycles. The Labute approximate surface area is 282 Å². The van der Waals surface area contributed by atoms with Gasteiger partial charge < -0.3 is 4.90 Å².